The number of nitro benzene ring substituents is 1. The Hall–Kier alpha value is -1.70. The third-order valence-corrected chi connectivity index (χ3v) is 4.47. The molecule has 0 radical (unpaired) electrons. The summed E-state index contributed by atoms with van der Waals surface area (Å²) in [6.45, 7) is 2.55. The van der Waals surface area contributed by atoms with Crippen LogP contribution in [0.1, 0.15) is 9.67 Å². The van der Waals surface area contributed by atoms with Crippen LogP contribution in [0.2, 0.25) is 0 Å². The van der Waals surface area contributed by atoms with E-state index < -0.39 is 4.92 Å². The highest BCUT2D eigenvalue weighted by Crippen LogP contribution is 2.28. The Balaban J connectivity index is 0.00000161. The molecule has 1 amide bonds. The van der Waals surface area contributed by atoms with Gasteiger partial charge in [-0.25, -0.2) is 0 Å². The quantitative estimate of drug-likeness (QED) is 0.666. The summed E-state index contributed by atoms with van der Waals surface area (Å²) in [7, 11) is 0. The Kier molecular flexibility index (Phi) is 4.76. The summed E-state index contributed by atoms with van der Waals surface area (Å²) < 4.78 is 0.881. The van der Waals surface area contributed by atoms with Crippen molar-refractivity contribution in [1.29, 1.82) is 0 Å². The summed E-state index contributed by atoms with van der Waals surface area (Å²) >= 11 is 1.35. The summed E-state index contributed by atoms with van der Waals surface area (Å²) in [4.78, 5) is 22.9. The molecule has 3 rings (SSSR count). The highest BCUT2D eigenvalue weighted by molar-refractivity contribution is 7.20. The van der Waals surface area contributed by atoms with Gasteiger partial charge in [0.15, 0.2) is 0 Å². The standard InChI is InChI=1S/C13H13N3O3S.ClH/c17-13(15-7-8-5-14-6-8)12-4-9-3-10(16(18)19)1-2-11(9)20-12;/h1-4,8,14H,5-7H2,(H,15,17);1H. The molecular weight excluding hydrogens is 314 g/mol. The van der Waals surface area contributed by atoms with E-state index in [1.165, 1.54) is 23.5 Å². The van der Waals surface area contributed by atoms with E-state index in [4.69, 9.17) is 0 Å². The Bertz CT molecular complexity index is 684. The van der Waals surface area contributed by atoms with Crippen LogP contribution in [-0.2, 0) is 0 Å². The molecule has 2 heterocycles. The summed E-state index contributed by atoms with van der Waals surface area (Å²) in [5.74, 6) is 0.398. The molecule has 0 bridgehead atoms. The van der Waals surface area contributed by atoms with Gasteiger partial charge in [-0.1, -0.05) is 0 Å². The summed E-state index contributed by atoms with van der Waals surface area (Å²) in [5, 5.41) is 17.5. The SMILES string of the molecule is Cl.O=C(NCC1CNC1)c1cc2cc([N+](=O)[O-])ccc2s1. The number of amides is 1. The van der Waals surface area contributed by atoms with Gasteiger partial charge in [0.2, 0.25) is 0 Å². The topological polar surface area (TPSA) is 84.3 Å². The van der Waals surface area contributed by atoms with Crippen molar-refractivity contribution < 1.29 is 9.72 Å². The third-order valence-electron chi connectivity index (χ3n) is 3.35. The number of nitro groups is 1. The second-order valence-electron chi connectivity index (χ2n) is 4.82. The first kappa shape index (κ1) is 15.7. The maximum absolute atomic E-state index is 12.0. The number of hydrogen-bond acceptors (Lipinski definition) is 5. The fourth-order valence-electron chi connectivity index (χ4n) is 2.07. The molecule has 8 heteroatoms. The molecule has 0 atom stereocenters. The number of benzene rings is 1. The molecule has 0 unspecified atom stereocenters. The smallest absolute Gasteiger partial charge is 0.270 e. The monoisotopic (exact) mass is 327 g/mol. The number of non-ortho nitro benzene ring substituents is 1. The van der Waals surface area contributed by atoms with Gasteiger partial charge in [0, 0.05) is 47.8 Å². The van der Waals surface area contributed by atoms with E-state index in [0.29, 0.717) is 17.3 Å². The molecule has 1 saturated heterocycles. The number of carbonyl (C=O) groups excluding carboxylic acids is 1. The first-order valence-electron chi connectivity index (χ1n) is 6.30. The molecule has 21 heavy (non-hydrogen) atoms. The zero-order valence-corrected chi connectivity index (χ0v) is 12.6. The van der Waals surface area contributed by atoms with E-state index in [1.54, 1.807) is 12.1 Å². The van der Waals surface area contributed by atoms with Crippen LogP contribution in [0.5, 0.6) is 0 Å². The Morgan fingerprint density at radius 1 is 1.43 bits per heavy atom. The predicted molar refractivity (Wildman–Crippen MR) is 84.4 cm³/mol. The van der Waals surface area contributed by atoms with E-state index in [2.05, 4.69) is 10.6 Å². The molecule has 2 aromatic rings. The molecule has 0 spiro atoms. The van der Waals surface area contributed by atoms with Crippen molar-refractivity contribution in [3.63, 3.8) is 0 Å². The van der Waals surface area contributed by atoms with Crippen molar-refractivity contribution in [1.82, 2.24) is 10.6 Å². The lowest BCUT2D eigenvalue weighted by molar-refractivity contribution is -0.384. The van der Waals surface area contributed by atoms with Crippen LogP contribution < -0.4 is 10.6 Å². The highest BCUT2D eigenvalue weighted by atomic mass is 35.5. The van der Waals surface area contributed by atoms with E-state index in [0.717, 1.165) is 23.2 Å². The molecule has 0 aliphatic carbocycles. The summed E-state index contributed by atoms with van der Waals surface area (Å²) in [5.41, 5.74) is 0.0443. The zero-order valence-electron chi connectivity index (χ0n) is 11.0. The lowest BCUT2D eigenvalue weighted by Crippen LogP contribution is -2.48. The zero-order chi connectivity index (χ0) is 14.1. The van der Waals surface area contributed by atoms with Gasteiger partial charge in [-0.05, 0) is 12.1 Å². The number of hydrogen-bond donors (Lipinski definition) is 2. The van der Waals surface area contributed by atoms with E-state index in [-0.39, 0.29) is 24.0 Å². The molecule has 6 nitrogen and oxygen atoms in total. The van der Waals surface area contributed by atoms with Crippen molar-refractivity contribution in [2.24, 2.45) is 5.92 Å². The molecule has 2 N–H and O–H groups in total. The second kappa shape index (κ2) is 6.38. The first-order chi connectivity index (χ1) is 9.63. The summed E-state index contributed by atoms with van der Waals surface area (Å²) in [6, 6.07) is 6.35. The Morgan fingerprint density at radius 2 is 2.19 bits per heavy atom. The molecular formula is C13H14ClN3O3S. The first-order valence-corrected chi connectivity index (χ1v) is 7.12. The molecule has 1 aliphatic rings. The van der Waals surface area contributed by atoms with Gasteiger partial charge in [0.05, 0.1) is 9.80 Å². The number of nitrogens with one attached hydrogen (secondary N) is 2. The number of carbonyl (C=O) groups is 1. The minimum absolute atomic E-state index is 0. The van der Waals surface area contributed by atoms with Crippen molar-refractivity contribution in [2.75, 3.05) is 19.6 Å². The maximum atomic E-state index is 12.0. The minimum Gasteiger partial charge on any atom is -0.351 e. The predicted octanol–water partition coefficient (Wildman–Crippen LogP) is 2.18. The van der Waals surface area contributed by atoms with Gasteiger partial charge < -0.3 is 10.6 Å². The van der Waals surface area contributed by atoms with Gasteiger partial charge in [-0.15, -0.1) is 23.7 Å². The van der Waals surface area contributed by atoms with Gasteiger partial charge in [0.25, 0.3) is 11.6 Å². The average molecular weight is 328 g/mol. The van der Waals surface area contributed by atoms with Crippen molar-refractivity contribution >= 4 is 45.4 Å². The van der Waals surface area contributed by atoms with Crippen LogP contribution >= 0.6 is 23.7 Å². The molecule has 1 aliphatic heterocycles. The van der Waals surface area contributed by atoms with Crippen molar-refractivity contribution in [2.45, 2.75) is 0 Å². The highest BCUT2D eigenvalue weighted by Gasteiger charge is 2.18. The molecule has 1 fully saturated rings. The fraction of sp³-hybridized carbons (Fsp3) is 0.308. The number of nitrogens with zero attached hydrogens (tertiary/aromatic N) is 1. The lowest BCUT2D eigenvalue weighted by atomic mass is 10.0. The normalized spacial score (nSPS) is 14.3. The van der Waals surface area contributed by atoms with E-state index in [1.807, 2.05) is 0 Å². The maximum Gasteiger partial charge on any atom is 0.270 e. The molecule has 112 valence electrons. The largest absolute Gasteiger partial charge is 0.351 e. The van der Waals surface area contributed by atoms with Gasteiger partial charge in [0.1, 0.15) is 0 Å². The fourth-order valence-corrected chi connectivity index (χ4v) is 3.03. The van der Waals surface area contributed by atoms with Crippen LogP contribution in [0.25, 0.3) is 10.1 Å². The van der Waals surface area contributed by atoms with Gasteiger partial charge in [-0.2, -0.15) is 0 Å². The Labute approximate surface area is 131 Å². The average Bonchev–Trinajstić information content (AvgIpc) is 2.79. The minimum atomic E-state index is -0.430. The molecule has 0 saturated carbocycles. The van der Waals surface area contributed by atoms with Crippen LogP contribution in [0.4, 0.5) is 5.69 Å². The van der Waals surface area contributed by atoms with Crippen LogP contribution in [0, 0.1) is 16.0 Å². The van der Waals surface area contributed by atoms with Gasteiger partial charge in [-0.3, -0.25) is 14.9 Å². The van der Waals surface area contributed by atoms with Crippen LogP contribution in [0.3, 0.4) is 0 Å². The molecule has 1 aromatic carbocycles. The van der Waals surface area contributed by atoms with Crippen molar-refractivity contribution in [3.05, 3.63) is 39.3 Å². The molecule has 1 aromatic heterocycles. The lowest BCUT2D eigenvalue weighted by Gasteiger charge is -2.26. The Morgan fingerprint density at radius 3 is 2.81 bits per heavy atom. The third kappa shape index (κ3) is 3.31. The van der Waals surface area contributed by atoms with E-state index >= 15 is 0 Å². The number of thiophene rings is 1. The van der Waals surface area contributed by atoms with Crippen LogP contribution in [-0.4, -0.2) is 30.5 Å². The number of halogens is 1. The van der Waals surface area contributed by atoms with Gasteiger partial charge >= 0.3 is 0 Å². The van der Waals surface area contributed by atoms with E-state index in [9.17, 15) is 14.9 Å². The van der Waals surface area contributed by atoms with Crippen molar-refractivity contribution in [3.8, 4) is 0 Å². The number of fused-ring (bicyclic) bond motifs is 1. The number of rotatable bonds is 4. The second-order valence-corrected chi connectivity index (χ2v) is 5.91. The van der Waals surface area contributed by atoms with Crippen LogP contribution in [0.15, 0.2) is 24.3 Å². The summed E-state index contributed by atoms with van der Waals surface area (Å²) in [6.07, 6.45) is 0.